The van der Waals surface area contributed by atoms with Crippen molar-refractivity contribution >= 4 is 17.0 Å². The number of hydrogen-bond donors (Lipinski definition) is 1. The summed E-state index contributed by atoms with van der Waals surface area (Å²) >= 11 is 0. The minimum atomic E-state index is -0.383. The van der Waals surface area contributed by atoms with Crippen LogP contribution in [0.2, 0.25) is 0 Å². The number of oxazole rings is 1. The average molecular weight is 326 g/mol. The number of aryl methyl sites for hydroxylation is 1. The van der Waals surface area contributed by atoms with E-state index < -0.39 is 0 Å². The van der Waals surface area contributed by atoms with Gasteiger partial charge < -0.3 is 14.5 Å². The second-order valence-electron chi connectivity index (χ2n) is 5.44. The molecule has 2 aromatic carbocycles. The van der Waals surface area contributed by atoms with Gasteiger partial charge >= 0.3 is 5.76 Å². The smallest absolute Gasteiger partial charge is 0.419 e. The van der Waals surface area contributed by atoms with Crippen LogP contribution < -0.4 is 15.8 Å². The minimum absolute atomic E-state index is 0.177. The second-order valence-corrected chi connectivity index (χ2v) is 5.44. The SMILES string of the molecule is COc1ccccc1C(=O)NCCc1ccc2oc(=O)n(C)c2c1. The van der Waals surface area contributed by atoms with Crippen molar-refractivity contribution in [3.05, 3.63) is 64.1 Å². The van der Waals surface area contributed by atoms with Gasteiger partial charge in [-0.05, 0) is 36.2 Å². The summed E-state index contributed by atoms with van der Waals surface area (Å²) < 4.78 is 11.8. The highest BCUT2D eigenvalue weighted by atomic mass is 16.5. The number of fused-ring (bicyclic) bond motifs is 1. The normalized spacial score (nSPS) is 10.8. The number of nitrogens with one attached hydrogen (secondary N) is 1. The largest absolute Gasteiger partial charge is 0.496 e. The van der Waals surface area contributed by atoms with Gasteiger partial charge in [-0.15, -0.1) is 0 Å². The summed E-state index contributed by atoms with van der Waals surface area (Å²) in [5.41, 5.74) is 2.82. The highest BCUT2D eigenvalue weighted by molar-refractivity contribution is 5.96. The van der Waals surface area contributed by atoms with E-state index in [4.69, 9.17) is 9.15 Å². The summed E-state index contributed by atoms with van der Waals surface area (Å²) in [5.74, 6) is -0.0133. The standard InChI is InChI=1S/C18H18N2O4/c1-20-14-11-12(7-8-16(14)24-18(20)22)9-10-19-17(21)13-5-3-4-6-15(13)23-2/h3-8,11H,9-10H2,1-2H3,(H,19,21). The quantitative estimate of drug-likeness (QED) is 0.779. The van der Waals surface area contributed by atoms with Crippen LogP contribution in [0.1, 0.15) is 15.9 Å². The van der Waals surface area contributed by atoms with E-state index in [0.717, 1.165) is 11.1 Å². The lowest BCUT2D eigenvalue weighted by molar-refractivity contribution is 0.0951. The van der Waals surface area contributed by atoms with E-state index >= 15 is 0 Å². The second kappa shape index (κ2) is 6.62. The number of para-hydroxylation sites is 1. The number of hydrogen-bond acceptors (Lipinski definition) is 4. The van der Waals surface area contributed by atoms with Crippen molar-refractivity contribution in [2.75, 3.05) is 13.7 Å². The van der Waals surface area contributed by atoms with Gasteiger partial charge in [0.15, 0.2) is 5.58 Å². The maximum Gasteiger partial charge on any atom is 0.419 e. The molecule has 0 bridgehead atoms. The van der Waals surface area contributed by atoms with E-state index in [2.05, 4.69) is 5.32 Å². The van der Waals surface area contributed by atoms with Gasteiger partial charge in [0.2, 0.25) is 0 Å². The Kier molecular flexibility index (Phi) is 4.37. The van der Waals surface area contributed by atoms with Crippen LogP contribution in [0.5, 0.6) is 5.75 Å². The minimum Gasteiger partial charge on any atom is -0.496 e. The maximum atomic E-state index is 12.2. The molecule has 0 aliphatic heterocycles. The highest BCUT2D eigenvalue weighted by Crippen LogP contribution is 2.17. The average Bonchev–Trinajstić information content (AvgIpc) is 2.89. The molecule has 3 aromatic rings. The topological polar surface area (TPSA) is 73.5 Å². The third kappa shape index (κ3) is 3.03. The Morgan fingerprint density at radius 3 is 2.83 bits per heavy atom. The molecule has 1 amide bonds. The van der Waals surface area contributed by atoms with Crippen molar-refractivity contribution < 1.29 is 13.9 Å². The number of benzene rings is 2. The van der Waals surface area contributed by atoms with Crippen LogP contribution in [0.4, 0.5) is 0 Å². The molecule has 0 saturated heterocycles. The molecule has 0 spiro atoms. The van der Waals surface area contributed by atoms with Crippen LogP contribution in [0.15, 0.2) is 51.7 Å². The summed E-state index contributed by atoms with van der Waals surface area (Å²) in [6, 6.07) is 12.7. The first-order chi connectivity index (χ1) is 11.6. The van der Waals surface area contributed by atoms with Gasteiger partial charge in [-0.1, -0.05) is 18.2 Å². The molecule has 1 aromatic heterocycles. The first-order valence-corrected chi connectivity index (χ1v) is 7.60. The molecule has 3 rings (SSSR count). The van der Waals surface area contributed by atoms with E-state index in [1.54, 1.807) is 31.3 Å². The van der Waals surface area contributed by atoms with Crippen molar-refractivity contribution in [1.29, 1.82) is 0 Å². The number of rotatable bonds is 5. The van der Waals surface area contributed by atoms with Crippen molar-refractivity contribution in [2.24, 2.45) is 7.05 Å². The number of ether oxygens (including phenoxy) is 1. The molecule has 0 aliphatic rings. The summed E-state index contributed by atoms with van der Waals surface area (Å²) in [5, 5.41) is 2.88. The van der Waals surface area contributed by atoms with Gasteiger partial charge in [-0.2, -0.15) is 0 Å². The molecule has 0 radical (unpaired) electrons. The van der Waals surface area contributed by atoms with Crippen molar-refractivity contribution in [3.8, 4) is 5.75 Å². The van der Waals surface area contributed by atoms with Gasteiger partial charge in [0.1, 0.15) is 5.75 Å². The van der Waals surface area contributed by atoms with Gasteiger partial charge in [0.25, 0.3) is 5.91 Å². The molecule has 0 unspecified atom stereocenters. The van der Waals surface area contributed by atoms with Gasteiger partial charge in [0.05, 0.1) is 18.2 Å². The van der Waals surface area contributed by atoms with Crippen LogP contribution in [-0.2, 0) is 13.5 Å². The first-order valence-electron chi connectivity index (χ1n) is 7.60. The third-order valence-corrected chi connectivity index (χ3v) is 3.91. The number of carbonyl (C=O) groups excluding carboxylic acids is 1. The molecule has 0 atom stereocenters. The molecule has 124 valence electrons. The molecule has 0 saturated carbocycles. The molecular formula is C18H18N2O4. The molecular weight excluding hydrogens is 308 g/mol. The zero-order valence-electron chi connectivity index (χ0n) is 13.5. The van der Waals surface area contributed by atoms with Crippen LogP contribution in [0, 0.1) is 0 Å². The molecule has 24 heavy (non-hydrogen) atoms. The Balaban J connectivity index is 1.67. The number of methoxy groups -OCH3 is 1. The molecule has 6 nitrogen and oxygen atoms in total. The lowest BCUT2D eigenvalue weighted by atomic mass is 10.1. The Morgan fingerprint density at radius 2 is 2.04 bits per heavy atom. The van der Waals surface area contributed by atoms with Crippen LogP contribution in [-0.4, -0.2) is 24.1 Å². The first kappa shape index (κ1) is 15.9. The number of aromatic nitrogens is 1. The number of nitrogens with zero attached hydrogens (tertiary/aromatic N) is 1. The van der Waals surface area contributed by atoms with E-state index in [9.17, 15) is 9.59 Å². The van der Waals surface area contributed by atoms with Gasteiger partial charge in [-0.3, -0.25) is 9.36 Å². The van der Waals surface area contributed by atoms with Crippen LogP contribution >= 0.6 is 0 Å². The summed E-state index contributed by atoms with van der Waals surface area (Å²) in [7, 11) is 3.21. The monoisotopic (exact) mass is 326 g/mol. The van der Waals surface area contributed by atoms with Crippen molar-refractivity contribution in [1.82, 2.24) is 9.88 Å². The summed E-state index contributed by atoms with van der Waals surface area (Å²) in [6.07, 6.45) is 0.649. The number of amides is 1. The fourth-order valence-electron chi connectivity index (χ4n) is 2.58. The highest BCUT2D eigenvalue weighted by Gasteiger charge is 2.11. The molecule has 6 heteroatoms. The Bertz CT molecular complexity index is 940. The zero-order valence-corrected chi connectivity index (χ0v) is 13.5. The van der Waals surface area contributed by atoms with Crippen LogP contribution in [0.25, 0.3) is 11.1 Å². The maximum absolute atomic E-state index is 12.2. The predicted octanol–water partition coefficient (Wildman–Crippen LogP) is 2.11. The van der Waals surface area contributed by atoms with Crippen molar-refractivity contribution in [3.63, 3.8) is 0 Å². The van der Waals surface area contributed by atoms with E-state index in [-0.39, 0.29) is 11.7 Å². The lowest BCUT2D eigenvalue weighted by Gasteiger charge is -2.09. The summed E-state index contributed by atoms with van der Waals surface area (Å²) in [6.45, 7) is 0.480. The van der Waals surface area contributed by atoms with E-state index in [1.807, 2.05) is 18.2 Å². The molecule has 0 fully saturated rings. The third-order valence-electron chi connectivity index (χ3n) is 3.91. The number of carbonyl (C=O) groups is 1. The van der Waals surface area contributed by atoms with Gasteiger partial charge in [0, 0.05) is 13.6 Å². The van der Waals surface area contributed by atoms with Crippen LogP contribution in [0.3, 0.4) is 0 Å². The van der Waals surface area contributed by atoms with Crippen molar-refractivity contribution in [2.45, 2.75) is 6.42 Å². The fourth-order valence-corrected chi connectivity index (χ4v) is 2.58. The fraction of sp³-hybridized carbons (Fsp3) is 0.222. The molecule has 0 aliphatic carbocycles. The molecule has 1 heterocycles. The lowest BCUT2D eigenvalue weighted by Crippen LogP contribution is -2.26. The Hall–Kier alpha value is -3.02. The zero-order chi connectivity index (χ0) is 17.1. The Labute approximate surface area is 138 Å². The summed E-state index contributed by atoms with van der Waals surface area (Å²) in [4.78, 5) is 23.7. The molecule has 1 N–H and O–H groups in total. The van der Waals surface area contributed by atoms with Gasteiger partial charge in [-0.25, -0.2) is 4.79 Å². The predicted molar refractivity (Wildman–Crippen MR) is 90.5 cm³/mol. The van der Waals surface area contributed by atoms with E-state index in [0.29, 0.717) is 29.9 Å². The Morgan fingerprint density at radius 1 is 1.25 bits per heavy atom. The van der Waals surface area contributed by atoms with E-state index in [1.165, 1.54) is 11.7 Å².